The van der Waals surface area contributed by atoms with E-state index in [-0.39, 0.29) is 24.0 Å². The lowest BCUT2D eigenvalue weighted by molar-refractivity contribution is -0.148. The van der Waals surface area contributed by atoms with Crippen molar-refractivity contribution < 1.29 is 14.3 Å². The molecule has 5 nitrogen and oxygen atoms in total. The third-order valence-corrected chi connectivity index (χ3v) is 3.52. The van der Waals surface area contributed by atoms with Gasteiger partial charge in [-0.15, -0.1) is 0 Å². The molecule has 1 N–H and O–H groups in total. The Hall–Kier alpha value is -0.940. The molecule has 2 fully saturated rings. The lowest BCUT2D eigenvalue weighted by atomic mass is 10.0. The summed E-state index contributed by atoms with van der Waals surface area (Å²) in [6, 6.07) is -0.219. The van der Waals surface area contributed by atoms with Gasteiger partial charge in [-0.1, -0.05) is 0 Å². The largest absolute Gasteiger partial charge is 0.377 e. The minimum atomic E-state index is -0.219. The van der Waals surface area contributed by atoms with Crippen LogP contribution in [0.1, 0.15) is 32.1 Å². The number of amides is 2. The van der Waals surface area contributed by atoms with Crippen molar-refractivity contribution in [1.82, 2.24) is 10.2 Å². The van der Waals surface area contributed by atoms with E-state index in [1.165, 1.54) is 11.3 Å². The number of piperidine rings is 1. The van der Waals surface area contributed by atoms with Crippen LogP contribution in [0.15, 0.2) is 0 Å². The Labute approximate surface area is 101 Å². The van der Waals surface area contributed by atoms with E-state index in [1.54, 1.807) is 7.05 Å². The first-order chi connectivity index (χ1) is 8.18. The van der Waals surface area contributed by atoms with E-state index >= 15 is 0 Å². The van der Waals surface area contributed by atoms with Gasteiger partial charge in [-0.05, 0) is 25.7 Å². The Morgan fingerprint density at radius 3 is 2.88 bits per heavy atom. The number of likely N-dealkylation sites (tertiary alicyclic amines) is 1. The molecule has 2 atom stereocenters. The maximum Gasteiger partial charge on any atom is 0.246 e. The SMILES string of the molecule is CN1C(=O)CCC(NCC2CCCCO2)C1=O. The predicted molar refractivity (Wildman–Crippen MR) is 62.4 cm³/mol. The molecule has 17 heavy (non-hydrogen) atoms. The summed E-state index contributed by atoms with van der Waals surface area (Å²) < 4.78 is 5.60. The third kappa shape index (κ3) is 3.04. The number of rotatable bonds is 3. The maximum atomic E-state index is 11.8. The fourth-order valence-electron chi connectivity index (χ4n) is 2.35. The molecular formula is C12H20N2O3. The quantitative estimate of drug-likeness (QED) is 0.720. The first-order valence-electron chi connectivity index (χ1n) is 6.34. The van der Waals surface area contributed by atoms with Crippen molar-refractivity contribution in [2.24, 2.45) is 0 Å². The van der Waals surface area contributed by atoms with E-state index in [0.717, 1.165) is 19.4 Å². The number of hydrogen-bond acceptors (Lipinski definition) is 4. The van der Waals surface area contributed by atoms with Gasteiger partial charge in [-0.3, -0.25) is 14.5 Å². The molecule has 96 valence electrons. The number of ether oxygens (including phenoxy) is 1. The van der Waals surface area contributed by atoms with Crippen molar-refractivity contribution in [2.45, 2.75) is 44.2 Å². The van der Waals surface area contributed by atoms with Crippen molar-refractivity contribution in [2.75, 3.05) is 20.2 Å². The van der Waals surface area contributed by atoms with E-state index in [4.69, 9.17) is 4.74 Å². The van der Waals surface area contributed by atoms with Crippen LogP contribution in [0.2, 0.25) is 0 Å². The number of carbonyl (C=O) groups excluding carboxylic acids is 2. The number of carbonyl (C=O) groups is 2. The van der Waals surface area contributed by atoms with Gasteiger partial charge in [0.15, 0.2) is 0 Å². The van der Waals surface area contributed by atoms with Gasteiger partial charge >= 0.3 is 0 Å². The fourth-order valence-corrected chi connectivity index (χ4v) is 2.35. The number of likely N-dealkylation sites (N-methyl/N-ethyl adjacent to an activating group) is 1. The summed E-state index contributed by atoms with van der Waals surface area (Å²) in [5, 5.41) is 3.22. The molecule has 0 saturated carbocycles. The minimum Gasteiger partial charge on any atom is -0.377 e. The zero-order valence-corrected chi connectivity index (χ0v) is 10.3. The molecule has 0 aliphatic carbocycles. The van der Waals surface area contributed by atoms with Crippen molar-refractivity contribution >= 4 is 11.8 Å². The van der Waals surface area contributed by atoms with Crippen molar-refractivity contribution in [3.63, 3.8) is 0 Å². The van der Waals surface area contributed by atoms with Crippen molar-refractivity contribution in [3.8, 4) is 0 Å². The summed E-state index contributed by atoms with van der Waals surface area (Å²) in [7, 11) is 1.55. The van der Waals surface area contributed by atoms with Gasteiger partial charge in [0.2, 0.25) is 11.8 Å². The van der Waals surface area contributed by atoms with Crippen LogP contribution >= 0.6 is 0 Å². The van der Waals surface area contributed by atoms with Gasteiger partial charge in [0.05, 0.1) is 12.1 Å². The molecule has 5 heteroatoms. The monoisotopic (exact) mass is 240 g/mol. The Morgan fingerprint density at radius 2 is 2.18 bits per heavy atom. The van der Waals surface area contributed by atoms with E-state index < -0.39 is 0 Å². The summed E-state index contributed by atoms with van der Waals surface area (Å²) in [5.41, 5.74) is 0. The predicted octanol–water partition coefficient (Wildman–Crippen LogP) is 0.292. The first kappa shape index (κ1) is 12.5. The van der Waals surface area contributed by atoms with Crippen molar-refractivity contribution in [1.29, 1.82) is 0 Å². The Balaban J connectivity index is 1.78. The number of nitrogens with one attached hydrogen (secondary N) is 1. The average Bonchev–Trinajstić information content (AvgIpc) is 2.36. The maximum absolute atomic E-state index is 11.8. The highest BCUT2D eigenvalue weighted by atomic mass is 16.5. The summed E-state index contributed by atoms with van der Waals surface area (Å²) in [5.74, 6) is -0.195. The molecule has 0 aromatic carbocycles. The molecule has 2 aliphatic heterocycles. The molecule has 0 radical (unpaired) electrons. The summed E-state index contributed by atoms with van der Waals surface area (Å²) in [6.07, 6.45) is 4.67. The highest BCUT2D eigenvalue weighted by Gasteiger charge is 2.31. The summed E-state index contributed by atoms with van der Waals surface area (Å²) >= 11 is 0. The van der Waals surface area contributed by atoms with E-state index in [9.17, 15) is 9.59 Å². The standard InChI is InChI=1S/C12H20N2O3/c1-14-11(15)6-5-10(12(14)16)13-8-9-4-2-3-7-17-9/h9-10,13H,2-8H2,1H3. The second-order valence-corrected chi connectivity index (χ2v) is 4.78. The van der Waals surface area contributed by atoms with E-state index in [0.29, 0.717) is 19.4 Å². The second-order valence-electron chi connectivity index (χ2n) is 4.78. The molecule has 0 aromatic heterocycles. The molecule has 0 aromatic rings. The smallest absolute Gasteiger partial charge is 0.246 e. The highest BCUT2D eigenvalue weighted by Crippen LogP contribution is 2.14. The van der Waals surface area contributed by atoms with Gasteiger partial charge in [0.25, 0.3) is 0 Å². The normalized spacial score (nSPS) is 30.8. The van der Waals surface area contributed by atoms with Crippen LogP contribution < -0.4 is 5.32 Å². The second kappa shape index (κ2) is 5.60. The van der Waals surface area contributed by atoms with Crippen LogP contribution in [-0.2, 0) is 14.3 Å². The van der Waals surface area contributed by atoms with Gasteiger partial charge in [0.1, 0.15) is 0 Å². The first-order valence-corrected chi connectivity index (χ1v) is 6.34. The Morgan fingerprint density at radius 1 is 1.35 bits per heavy atom. The summed E-state index contributed by atoms with van der Waals surface area (Å²) in [4.78, 5) is 24.3. The lowest BCUT2D eigenvalue weighted by Crippen LogP contribution is -2.53. The molecular weight excluding hydrogens is 220 g/mol. The Bertz CT molecular complexity index is 300. The van der Waals surface area contributed by atoms with Crippen LogP contribution in [0.4, 0.5) is 0 Å². The molecule has 0 bridgehead atoms. The minimum absolute atomic E-state index is 0.0815. The third-order valence-electron chi connectivity index (χ3n) is 3.52. The van der Waals surface area contributed by atoms with Crippen LogP contribution in [-0.4, -0.2) is 49.1 Å². The molecule has 2 saturated heterocycles. The topological polar surface area (TPSA) is 58.6 Å². The molecule has 2 amide bonds. The van der Waals surface area contributed by atoms with Gasteiger partial charge < -0.3 is 10.1 Å². The molecule has 2 heterocycles. The van der Waals surface area contributed by atoms with Crippen molar-refractivity contribution in [3.05, 3.63) is 0 Å². The van der Waals surface area contributed by atoms with Crippen LogP contribution in [0.3, 0.4) is 0 Å². The van der Waals surface area contributed by atoms with Gasteiger partial charge in [0, 0.05) is 26.6 Å². The lowest BCUT2D eigenvalue weighted by Gasteiger charge is -2.30. The fraction of sp³-hybridized carbons (Fsp3) is 0.833. The van der Waals surface area contributed by atoms with Crippen LogP contribution in [0, 0.1) is 0 Å². The number of hydrogen-bond donors (Lipinski definition) is 1. The van der Waals surface area contributed by atoms with Gasteiger partial charge in [-0.25, -0.2) is 0 Å². The van der Waals surface area contributed by atoms with Gasteiger partial charge in [-0.2, -0.15) is 0 Å². The number of imide groups is 1. The number of nitrogens with zero attached hydrogens (tertiary/aromatic N) is 1. The summed E-state index contributed by atoms with van der Waals surface area (Å²) in [6.45, 7) is 1.53. The average molecular weight is 240 g/mol. The van der Waals surface area contributed by atoms with Crippen LogP contribution in [0.5, 0.6) is 0 Å². The highest BCUT2D eigenvalue weighted by molar-refractivity contribution is 6.00. The molecule has 2 unspecified atom stereocenters. The van der Waals surface area contributed by atoms with E-state index in [1.807, 2.05) is 0 Å². The molecule has 0 spiro atoms. The molecule has 2 rings (SSSR count). The van der Waals surface area contributed by atoms with E-state index in [2.05, 4.69) is 5.32 Å². The Kier molecular flexibility index (Phi) is 4.12. The molecule has 2 aliphatic rings. The zero-order valence-electron chi connectivity index (χ0n) is 10.3. The zero-order chi connectivity index (χ0) is 12.3. The van der Waals surface area contributed by atoms with Crippen LogP contribution in [0.25, 0.3) is 0 Å².